The molecule has 2 rings (SSSR count). The van der Waals surface area contributed by atoms with Crippen molar-refractivity contribution in [2.45, 2.75) is 11.8 Å². The first-order valence-electron chi connectivity index (χ1n) is 6.36. The fourth-order valence-electron chi connectivity index (χ4n) is 1.96. The van der Waals surface area contributed by atoms with Gasteiger partial charge in [-0.15, -0.1) is 0 Å². The molecule has 0 bridgehead atoms. The molecule has 0 spiro atoms. The summed E-state index contributed by atoms with van der Waals surface area (Å²) in [4.78, 5) is 0.152. The van der Waals surface area contributed by atoms with Crippen LogP contribution in [0.4, 0.5) is 11.4 Å². The normalized spacial score (nSPS) is 11.2. The molecule has 2 N–H and O–H groups in total. The SMILES string of the molecule is COc1ccccc1N(C)S(=O)(=O)c1ccc(C)c(N)c1. The van der Waals surface area contributed by atoms with E-state index in [1.54, 1.807) is 36.4 Å². The van der Waals surface area contributed by atoms with E-state index < -0.39 is 10.0 Å². The smallest absolute Gasteiger partial charge is 0.264 e. The number of rotatable bonds is 4. The largest absolute Gasteiger partial charge is 0.495 e. The minimum absolute atomic E-state index is 0.152. The van der Waals surface area contributed by atoms with Gasteiger partial charge in [-0.3, -0.25) is 4.31 Å². The highest BCUT2D eigenvalue weighted by atomic mass is 32.2. The van der Waals surface area contributed by atoms with Crippen LogP contribution >= 0.6 is 0 Å². The number of nitrogens with zero attached hydrogens (tertiary/aromatic N) is 1. The van der Waals surface area contributed by atoms with Crippen LogP contribution in [0.5, 0.6) is 5.75 Å². The highest BCUT2D eigenvalue weighted by Crippen LogP contribution is 2.31. The Bertz CT molecular complexity index is 757. The summed E-state index contributed by atoms with van der Waals surface area (Å²) in [6.45, 7) is 1.83. The van der Waals surface area contributed by atoms with Gasteiger partial charge in [0.1, 0.15) is 5.75 Å². The molecular formula is C15H18N2O3S. The van der Waals surface area contributed by atoms with Gasteiger partial charge in [-0.1, -0.05) is 18.2 Å². The van der Waals surface area contributed by atoms with E-state index in [0.29, 0.717) is 17.1 Å². The van der Waals surface area contributed by atoms with Crippen molar-refractivity contribution in [3.8, 4) is 5.75 Å². The summed E-state index contributed by atoms with van der Waals surface area (Å²) < 4.78 is 31.8. The maximum atomic E-state index is 12.7. The lowest BCUT2D eigenvalue weighted by atomic mass is 10.2. The maximum Gasteiger partial charge on any atom is 0.264 e. The quantitative estimate of drug-likeness (QED) is 0.880. The molecule has 0 radical (unpaired) electrons. The van der Waals surface area contributed by atoms with E-state index >= 15 is 0 Å². The Morgan fingerprint density at radius 1 is 1.14 bits per heavy atom. The third-order valence-corrected chi connectivity index (χ3v) is 5.10. The number of anilines is 2. The van der Waals surface area contributed by atoms with Crippen molar-refractivity contribution in [2.75, 3.05) is 24.2 Å². The molecule has 2 aromatic carbocycles. The molecule has 0 amide bonds. The van der Waals surface area contributed by atoms with E-state index in [0.717, 1.165) is 5.56 Å². The highest BCUT2D eigenvalue weighted by molar-refractivity contribution is 7.92. The summed E-state index contributed by atoms with van der Waals surface area (Å²) in [6, 6.07) is 11.7. The van der Waals surface area contributed by atoms with Gasteiger partial charge in [-0.05, 0) is 36.8 Å². The van der Waals surface area contributed by atoms with E-state index in [1.165, 1.54) is 24.5 Å². The number of nitrogens with two attached hydrogens (primary N) is 1. The molecule has 0 fully saturated rings. The van der Waals surface area contributed by atoms with Gasteiger partial charge < -0.3 is 10.5 Å². The lowest BCUT2D eigenvalue weighted by Crippen LogP contribution is -2.27. The van der Waals surface area contributed by atoms with E-state index in [-0.39, 0.29) is 4.90 Å². The highest BCUT2D eigenvalue weighted by Gasteiger charge is 2.23. The predicted molar refractivity (Wildman–Crippen MR) is 84.2 cm³/mol. The van der Waals surface area contributed by atoms with Crippen LogP contribution in [0, 0.1) is 6.92 Å². The van der Waals surface area contributed by atoms with Crippen LogP contribution in [0.3, 0.4) is 0 Å². The van der Waals surface area contributed by atoms with E-state index in [1.807, 2.05) is 6.92 Å². The molecule has 0 aliphatic carbocycles. The molecule has 0 saturated heterocycles. The summed E-state index contributed by atoms with van der Waals surface area (Å²) in [5.74, 6) is 0.489. The van der Waals surface area contributed by atoms with Gasteiger partial charge in [-0.2, -0.15) is 0 Å². The van der Waals surface area contributed by atoms with Gasteiger partial charge in [-0.25, -0.2) is 8.42 Å². The van der Waals surface area contributed by atoms with Crippen molar-refractivity contribution in [1.82, 2.24) is 0 Å². The van der Waals surface area contributed by atoms with Crippen LogP contribution in [0.25, 0.3) is 0 Å². The van der Waals surface area contributed by atoms with Crippen LogP contribution < -0.4 is 14.8 Å². The van der Waals surface area contributed by atoms with Crippen LogP contribution in [-0.4, -0.2) is 22.6 Å². The van der Waals surface area contributed by atoms with Gasteiger partial charge in [0, 0.05) is 12.7 Å². The Labute approximate surface area is 125 Å². The number of benzene rings is 2. The van der Waals surface area contributed by atoms with Gasteiger partial charge in [0.05, 0.1) is 17.7 Å². The molecule has 0 saturated carbocycles. The number of para-hydroxylation sites is 2. The van der Waals surface area contributed by atoms with Crippen molar-refractivity contribution in [2.24, 2.45) is 0 Å². The molecule has 0 heterocycles. The Morgan fingerprint density at radius 3 is 2.43 bits per heavy atom. The third kappa shape index (κ3) is 2.80. The lowest BCUT2D eigenvalue weighted by Gasteiger charge is -2.21. The molecule has 2 aromatic rings. The molecule has 0 aromatic heterocycles. The summed E-state index contributed by atoms with van der Waals surface area (Å²) in [5, 5.41) is 0. The number of ether oxygens (including phenoxy) is 1. The maximum absolute atomic E-state index is 12.7. The summed E-state index contributed by atoms with van der Waals surface area (Å²) in [5.41, 5.74) is 7.57. The molecule has 0 unspecified atom stereocenters. The Morgan fingerprint density at radius 2 is 1.81 bits per heavy atom. The van der Waals surface area contributed by atoms with E-state index in [4.69, 9.17) is 10.5 Å². The zero-order valence-electron chi connectivity index (χ0n) is 12.2. The lowest BCUT2D eigenvalue weighted by molar-refractivity contribution is 0.416. The van der Waals surface area contributed by atoms with Crippen molar-refractivity contribution < 1.29 is 13.2 Å². The Kier molecular flexibility index (Phi) is 4.09. The first-order valence-corrected chi connectivity index (χ1v) is 7.80. The summed E-state index contributed by atoms with van der Waals surface area (Å²) in [7, 11) is -0.698. The second kappa shape index (κ2) is 5.65. The minimum Gasteiger partial charge on any atom is -0.495 e. The van der Waals surface area contributed by atoms with Crippen molar-refractivity contribution in [1.29, 1.82) is 0 Å². The van der Waals surface area contributed by atoms with Gasteiger partial charge >= 0.3 is 0 Å². The van der Waals surface area contributed by atoms with Gasteiger partial charge in [0.25, 0.3) is 10.0 Å². The molecular weight excluding hydrogens is 288 g/mol. The number of hydrogen-bond acceptors (Lipinski definition) is 4. The molecule has 112 valence electrons. The van der Waals surface area contributed by atoms with Crippen LogP contribution in [-0.2, 0) is 10.0 Å². The third-order valence-electron chi connectivity index (χ3n) is 3.33. The predicted octanol–water partition coefficient (Wildman–Crippen LogP) is 2.41. The first kappa shape index (κ1) is 15.2. The molecule has 0 atom stereocenters. The Balaban J connectivity index is 2.50. The first-order chi connectivity index (χ1) is 9.87. The number of methoxy groups -OCH3 is 1. The molecule has 0 aliphatic heterocycles. The molecule has 6 heteroatoms. The number of nitrogen functional groups attached to an aromatic ring is 1. The van der Waals surface area contributed by atoms with Gasteiger partial charge in [0.15, 0.2) is 0 Å². The van der Waals surface area contributed by atoms with Crippen molar-refractivity contribution in [3.05, 3.63) is 48.0 Å². The number of hydrogen-bond donors (Lipinski definition) is 1. The van der Waals surface area contributed by atoms with E-state index in [9.17, 15) is 8.42 Å². The second-order valence-corrected chi connectivity index (χ2v) is 6.63. The zero-order valence-corrected chi connectivity index (χ0v) is 13.0. The Hall–Kier alpha value is -2.21. The standard InChI is InChI=1S/C15H18N2O3S/c1-11-8-9-12(10-13(11)16)21(18,19)17(2)14-6-4-5-7-15(14)20-3/h4-10H,16H2,1-3H3. The van der Waals surface area contributed by atoms with E-state index in [2.05, 4.69) is 0 Å². The molecule has 5 nitrogen and oxygen atoms in total. The van der Waals surface area contributed by atoms with Crippen LogP contribution in [0.15, 0.2) is 47.4 Å². The van der Waals surface area contributed by atoms with Crippen LogP contribution in [0.1, 0.15) is 5.56 Å². The van der Waals surface area contributed by atoms with Crippen LogP contribution in [0.2, 0.25) is 0 Å². The number of sulfonamides is 1. The zero-order chi connectivity index (χ0) is 15.6. The average Bonchev–Trinajstić information content (AvgIpc) is 2.49. The van der Waals surface area contributed by atoms with Gasteiger partial charge in [0.2, 0.25) is 0 Å². The fraction of sp³-hybridized carbons (Fsp3) is 0.200. The topological polar surface area (TPSA) is 72.6 Å². The van der Waals surface area contributed by atoms with Crippen molar-refractivity contribution in [3.63, 3.8) is 0 Å². The summed E-state index contributed by atoms with van der Waals surface area (Å²) >= 11 is 0. The minimum atomic E-state index is -3.69. The fourth-order valence-corrected chi connectivity index (χ4v) is 3.20. The summed E-state index contributed by atoms with van der Waals surface area (Å²) in [6.07, 6.45) is 0. The number of aryl methyl sites for hydroxylation is 1. The second-order valence-electron chi connectivity index (χ2n) is 4.66. The molecule has 21 heavy (non-hydrogen) atoms. The average molecular weight is 306 g/mol. The van der Waals surface area contributed by atoms with Crippen molar-refractivity contribution >= 4 is 21.4 Å². The molecule has 0 aliphatic rings. The monoisotopic (exact) mass is 306 g/mol.